The minimum atomic E-state index is -0.379. The maximum Gasteiger partial charge on any atom is 0.325 e. The van der Waals surface area contributed by atoms with Crippen LogP contribution in [0.3, 0.4) is 0 Å². The number of esters is 1. The van der Waals surface area contributed by atoms with Gasteiger partial charge in [0.05, 0.1) is 23.7 Å². The summed E-state index contributed by atoms with van der Waals surface area (Å²) in [4.78, 5) is 30.2. The predicted molar refractivity (Wildman–Crippen MR) is 109 cm³/mol. The van der Waals surface area contributed by atoms with E-state index in [0.29, 0.717) is 4.80 Å². The average molecular weight is 401 g/mol. The van der Waals surface area contributed by atoms with Gasteiger partial charge in [-0.1, -0.05) is 41.2 Å². The van der Waals surface area contributed by atoms with Crippen LogP contribution < -0.4 is 4.80 Å². The summed E-state index contributed by atoms with van der Waals surface area (Å²) in [6.07, 6.45) is 2.23. The number of hydrogen-bond acceptors (Lipinski definition) is 5. The van der Waals surface area contributed by atoms with E-state index in [9.17, 15) is 9.59 Å². The van der Waals surface area contributed by atoms with Gasteiger partial charge in [-0.3, -0.25) is 9.59 Å². The lowest BCUT2D eigenvalue weighted by molar-refractivity contribution is -0.141. The van der Waals surface area contributed by atoms with Crippen LogP contribution in [0.4, 0.5) is 0 Å². The number of ether oxygens (including phenoxy) is 1. The van der Waals surface area contributed by atoms with Crippen LogP contribution in [-0.4, -0.2) is 29.8 Å². The maximum atomic E-state index is 12.5. The summed E-state index contributed by atoms with van der Waals surface area (Å²) in [5.74, 6) is -0.620. The molecule has 0 radical (unpaired) electrons. The molecule has 5 nitrogen and oxygen atoms in total. The molecule has 0 aliphatic carbocycles. The molecule has 0 fully saturated rings. The van der Waals surface area contributed by atoms with E-state index < -0.39 is 0 Å². The van der Waals surface area contributed by atoms with Gasteiger partial charge in [-0.15, -0.1) is 11.8 Å². The van der Waals surface area contributed by atoms with E-state index in [1.807, 2.05) is 55.6 Å². The second-order valence-electron chi connectivity index (χ2n) is 6.05. The van der Waals surface area contributed by atoms with E-state index in [-0.39, 0.29) is 24.8 Å². The number of hydrogen-bond donors (Lipinski definition) is 0. The third-order valence-electron chi connectivity index (χ3n) is 4.10. The van der Waals surface area contributed by atoms with E-state index in [4.69, 9.17) is 4.74 Å². The molecule has 1 aromatic heterocycles. The normalized spacial score (nSPS) is 11.7. The predicted octanol–water partition coefficient (Wildman–Crippen LogP) is 3.58. The molecule has 0 unspecified atom stereocenters. The number of rotatable bonds is 5. The van der Waals surface area contributed by atoms with Crippen molar-refractivity contribution in [3.05, 3.63) is 58.4 Å². The molecular formula is C20H20N2O3S2. The molecule has 0 saturated heterocycles. The van der Waals surface area contributed by atoms with Crippen LogP contribution in [0.1, 0.15) is 11.1 Å². The smallest absolute Gasteiger partial charge is 0.325 e. The molecule has 27 heavy (non-hydrogen) atoms. The molecule has 0 atom stereocenters. The van der Waals surface area contributed by atoms with E-state index in [1.54, 1.807) is 16.3 Å². The molecule has 0 aliphatic rings. The van der Waals surface area contributed by atoms with E-state index in [2.05, 4.69) is 4.99 Å². The first-order valence-corrected chi connectivity index (χ1v) is 10.4. The molecule has 0 spiro atoms. The van der Waals surface area contributed by atoms with Gasteiger partial charge >= 0.3 is 5.97 Å². The zero-order chi connectivity index (χ0) is 19.4. The van der Waals surface area contributed by atoms with Gasteiger partial charge in [-0.2, -0.15) is 4.99 Å². The van der Waals surface area contributed by atoms with Crippen molar-refractivity contribution in [3.8, 4) is 0 Å². The number of methoxy groups -OCH3 is 1. The number of thioether (sulfide) groups is 1. The first-order chi connectivity index (χ1) is 13.0. The lowest BCUT2D eigenvalue weighted by Crippen LogP contribution is -2.22. The highest BCUT2D eigenvalue weighted by atomic mass is 32.2. The summed E-state index contributed by atoms with van der Waals surface area (Å²) in [5.41, 5.74) is 2.93. The number of carbonyl (C=O) groups excluding carboxylic acids is 2. The van der Waals surface area contributed by atoms with Gasteiger partial charge in [0.1, 0.15) is 6.54 Å². The Hall–Kier alpha value is -2.38. The Kier molecular flexibility index (Phi) is 6.13. The van der Waals surface area contributed by atoms with Gasteiger partial charge in [-0.05, 0) is 36.9 Å². The summed E-state index contributed by atoms with van der Waals surface area (Å²) < 4.78 is 7.52. The molecule has 0 saturated carbocycles. The number of thiazole rings is 1. The summed E-state index contributed by atoms with van der Waals surface area (Å²) in [5, 5.41) is 0. The van der Waals surface area contributed by atoms with Gasteiger partial charge < -0.3 is 9.30 Å². The first-order valence-electron chi connectivity index (χ1n) is 8.37. The van der Waals surface area contributed by atoms with Crippen LogP contribution in [0.25, 0.3) is 10.2 Å². The number of aromatic nitrogens is 1. The SMILES string of the molecule is COC(=O)Cn1c(=NC(=O)Cc2ccc(C)cc2)sc2cc(SC)ccc21. The van der Waals surface area contributed by atoms with Crippen LogP contribution in [0.2, 0.25) is 0 Å². The minimum absolute atomic E-state index is 0.0196. The molecule has 140 valence electrons. The third-order valence-corrected chi connectivity index (χ3v) is 5.87. The molecule has 7 heteroatoms. The van der Waals surface area contributed by atoms with E-state index >= 15 is 0 Å². The van der Waals surface area contributed by atoms with Crippen molar-refractivity contribution >= 4 is 45.2 Å². The quantitative estimate of drug-likeness (QED) is 0.485. The molecule has 0 bridgehead atoms. The molecular weight excluding hydrogens is 380 g/mol. The minimum Gasteiger partial charge on any atom is -0.468 e. The third kappa shape index (κ3) is 4.67. The Balaban J connectivity index is 2.00. The molecule has 2 aromatic carbocycles. The van der Waals surface area contributed by atoms with Crippen LogP contribution in [-0.2, 0) is 27.3 Å². The van der Waals surface area contributed by atoms with Crippen molar-refractivity contribution in [2.75, 3.05) is 13.4 Å². The molecule has 3 aromatic rings. The number of amides is 1. The van der Waals surface area contributed by atoms with Crippen molar-refractivity contribution in [3.63, 3.8) is 0 Å². The Morgan fingerprint density at radius 1 is 1.19 bits per heavy atom. The monoisotopic (exact) mass is 400 g/mol. The zero-order valence-corrected chi connectivity index (χ0v) is 17.0. The van der Waals surface area contributed by atoms with Crippen molar-refractivity contribution < 1.29 is 14.3 Å². The topological polar surface area (TPSA) is 60.7 Å². The van der Waals surface area contributed by atoms with Crippen LogP contribution in [0.15, 0.2) is 52.4 Å². The zero-order valence-electron chi connectivity index (χ0n) is 15.4. The lowest BCUT2D eigenvalue weighted by atomic mass is 10.1. The van der Waals surface area contributed by atoms with Gasteiger partial charge in [0.25, 0.3) is 5.91 Å². The Bertz CT molecular complexity index is 1050. The van der Waals surface area contributed by atoms with Gasteiger partial charge in [0.2, 0.25) is 0 Å². The highest BCUT2D eigenvalue weighted by Crippen LogP contribution is 2.24. The number of nitrogens with zero attached hydrogens (tertiary/aromatic N) is 2. The van der Waals surface area contributed by atoms with E-state index in [0.717, 1.165) is 26.2 Å². The van der Waals surface area contributed by atoms with Gasteiger partial charge in [0.15, 0.2) is 4.80 Å². The fourth-order valence-corrected chi connectivity index (χ4v) is 4.24. The first kappa shape index (κ1) is 19.4. The second-order valence-corrected chi connectivity index (χ2v) is 7.94. The number of benzene rings is 2. The fraction of sp³-hybridized carbons (Fsp3) is 0.250. The fourth-order valence-electron chi connectivity index (χ4n) is 2.64. The molecule has 0 aliphatic heterocycles. The average Bonchev–Trinajstić information content (AvgIpc) is 2.99. The van der Waals surface area contributed by atoms with Crippen LogP contribution in [0.5, 0.6) is 0 Å². The van der Waals surface area contributed by atoms with Crippen LogP contribution >= 0.6 is 23.1 Å². The molecule has 1 heterocycles. The van der Waals surface area contributed by atoms with Crippen molar-refractivity contribution in [2.24, 2.45) is 4.99 Å². The Morgan fingerprint density at radius 3 is 2.59 bits per heavy atom. The summed E-state index contributed by atoms with van der Waals surface area (Å²) in [6, 6.07) is 13.8. The number of aryl methyl sites for hydroxylation is 1. The molecule has 3 rings (SSSR count). The standard InChI is InChI=1S/C20H20N2O3S2/c1-13-4-6-14(7-5-13)10-18(23)21-20-22(12-19(24)25-2)16-9-8-15(26-3)11-17(16)27-20/h4-9,11H,10,12H2,1-3H3. The van der Waals surface area contributed by atoms with Gasteiger partial charge in [0, 0.05) is 4.90 Å². The Morgan fingerprint density at radius 2 is 1.93 bits per heavy atom. The highest BCUT2D eigenvalue weighted by Gasteiger charge is 2.12. The molecule has 0 N–H and O–H groups in total. The highest BCUT2D eigenvalue weighted by molar-refractivity contribution is 7.98. The maximum absolute atomic E-state index is 12.5. The second kappa shape index (κ2) is 8.54. The summed E-state index contributed by atoms with van der Waals surface area (Å²) in [7, 11) is 1.35. The lowest BCUT2D eigenvalue weighted by Gasteiger charge is -2.04. The van der Waals surface area contributed by atoms with Gasteiger partial charge in [-0.25, -0.2) is 0 Å². The van der Waals surface area contributed by atoms with Crippen molar-refractivity contribution in [2.45, 2.75) is 24.8 Å². The number of carbonyl (C=O) groups is 2. The van der Waals surface area contributed by atoms with Crippen molar-refractivity contribution in [1.82, 2.24) is 4.57 Å². The summed E-state index contributed by atoms with van der Waals surface area (Å²) >= 11 is 3.04. The Labute approximate surface area is 165 Å². The van der Waals surface area contributed by atoms with E-state index in [1.165, 1.54) is 18.4 Å². The van der Waals surface area contributed by atoms with Crippen LogP contribution in [0, 0.1) is 6.92 Å². The largest absolute Gasteiger partial charge is 0.468 e. The number of fused-ring (bicyclic) bond motifs is 1. The van der Waals surface area contributed by atoms with Crippen molar-refractivity contribution in [1.29, 1.82) is 0 Å². The summed E-state index contributed by atoms with van der Waals surface area (Å²) in [6.45, 7) is 2.03. The molecule has 1 amide bonds.